The number of nitrogens with zero attached hydrogens (tertiary/aromatic N) is 1. The lowest BCUT2D eigenvalue weighted by atomic mass is 9.80. The molecule has 1 aliphatic rings. The van der Waals surface area contributed by atoms with Crippen LogP contribution in [0.1, 0.15) is 52.4 Å². The summed E-state index contributed by atoms with van der Waals surface area (Å²) in [6, 6.07) is 0.548. The van der Waals surface area contributed by atoms with Gasteiger partial charge in [0.2, 0.25) is 0 Å². The summed E-state index contributed by atoms with van der Waals surface area (Å²) in [6.45, 7) is 5.58. The van der Waals surface area contributed by atoms with Crippen LogP contribution in [0.25, 0.3) is 0 Å². The van der Waals surface area contributed by atoms with Crippen molar-refractivity contribution in [2.45, 2.75) is 70.1 Å². The topological polar surface area (TPSA) is 24.5 Å². The number of hydrogen-bond acceptors (Lipinski definition) is 3. The van der Waals surface area contributed by atoms with Gasteiger partial charge in [0.25, 0.3) is 0 Å². The largest absolute Gasteiger partial charge is 0.378 e. The number of ether oxygens (including phenoxy) is 1. The molecule has 1 saturated heterocycles. The highest BCUT2D eigenvalue weighted by Crippen LogP contribution is 2.29. The van der Waals surface area contributed by atoms with Crippen molar-refractivity contribution in [3.8, 4) is 0 Å². The smallest absolute Gasteiger partial charge is 0.0576 e. The van der Waals surface area contributed by atoms with Crippen molar-refractivity contribution in [1.29, 1.82) is 0 Å². The minimum atomic E-state index is 0.271. The van der Waals surface area contributed by atoms with E-state index >= 15 is 0 Å². The van der Waals surface area contributed by atoms with E-state index in [-0.39, 0.29) is 5.54 Å². The van der Waals surface area contributed by atoms with Gasteiger partial charge in [-0.15, -0.1) is 0 Å². The van der Waals surface area contributed by atoms with E-state index in [1.54, 1.807) is 0 Å². The van der Waals surface area contributed by atoms with Gasteiger partial charge < -0.3 is 15.0 Å². The zero-order chi connectivity index (χ0) is 13.6. The molecule has 1 heterocycles. The maximum Gasteiger partial charge on any atom is 0.0576 e. The van der Waals surface area contributed by atoms with E-state index in [1.807, 2.05) is 0 Å². The normalized spacial score (nSPS) is 22.7. The van der Waals surface area contributed by atoms with Gasteiger partial charge in [0.05, 0.1) is 6.10 Å². The second-order valence-corrected chi connectivity index (χ2v) is 5.76. The minimum absolute atomic E-state index is 0.271. The summed E-state index contributed by atoms with van der Waals surface area (Å²) in [4.78, 5) is 2.41. The molecule has 1 N–H and O–H groups in total. The van der Waals surface area contributed by atoms with Crippen molar-refractivity contribution >= 4 is 0 Å². The van der Waals surface area contributed by atoms with E-state index in [2.05, 4.69) is 45.2 Å². The van der Waals surface area contributed by atoms with Crippen LogP contribution in [-0.2, 0) is 4.74 Å². The maximum absolute atomic E-state index is 5.75. The summed E-state index contributed by atoms with van der Waals surface area (Å²) < 4.78 is 5.75. The Labute approximate surface area is 113 Å². The van der Waals surface area contributed by atoms with E-state index in [0.29, 0.717) is 12.1 Å². The second-order valence-electron chi connectivity index (χ2n) is 5.76. The molecular weight excluding hydrogens is 224 g/mol. The van der Waals surface area contributed by atoms with E-state index in [9.17, 15) is 0 Å². The molecule has 3 nitrogen and oxygen atoms in total. The molecule has 1 rings (SSSR count). The van der Waals surface area contributed by atoms with Gasteiger partial charge in [-0.3, -0.25) is 0 Å². The van der Waals surface area contributed by atoms with Crippen LogP contribution in [0.2, 0.25) is 0 Å². The number of nitrogens with one attached hydrogen (secondary N) is 1. The van der Waals surface area contributed by atoms with Gasteiger partial charge in [0.1, 0.15) is 0 Å². The molecule has 0 radical (unpaired) electrons. The zero-order valence-corrected chi connectivity index (χ0v) is 13.0. The third-order valence-corrected chi connectivity index (χ3v) is 4.91. The van der Waals surface area contributed by atoms with Gasteiger partial charge in [-0.25, -0.2) is 0 Å². The molecule has 108 valence electrons. The monoisotopic (exact) mass is 256 g/mol. The molecule has 0 aromatic heterocycles. The van der Waals surface area contributed by atoms with Crippen LogP contribution >= 0.6 is 0 Å². The zero-order valence-electron chi connectivity index (χ0n) is 13.0. The lowest BCUT2D eigenvalue weighted by Crippen LogP contribution is -2.57. The molecule has 2 atom stereocenters. The van der Waals surface area contributed by atoms with Crippen LogP contribution in [0.4, 0.5) is 0 Å². The Morgan fingerprint density at radius 2 is 2.00 bits per heavy atom. The molecule has 0 amide bonds. The lowest BCUT2D eigenvalue weighted by molar-refractivity contribution is 0.0647. The highest BCUT2D eigenvalue weighted by atomic mass is 16.5. The van der Waals surface area contributed by atoms with Crippen molar-refractivity contribution < 1.29 is 4.74 Å². The second kappa shape index (κ2) is 7.46. The summed E-state index contributed by atoms with van der Waals surface area (Å²) in [5, 5.41) is 3.55. The Kier molecular flexibility index (Phi) is 6.61. The fourth-order valence-electron chi connectivity index (χ4n) is 3.59. The first-order chi connectivity index (χ1) is 8.60. The number of hydrogen-bond donors (Lipinski definition) is 1. The third kappa shape index (κ3) is 3.46. The minimum Gasteiger partial charge on any atom is -0.378 e. The van der Waals surface area contributed by atoms with Gasteiger partial charge in [0.15, 0.2) is 0 Å². The lowest BCUT2D eigenvalue weighted by Gasteiger charge is -2.45. The molecule has 0 spiro atoms. The highest BCUT2D eigenvalue weighted by Gasteiger charge is 2.37. The van der Waals surface area contributed by atoms with Gasteiger partial charge in [-0.1, -0.05) is 13.8 Å². The molecule has 3 heteroatoms. The first kappa shape index (κ1) is 15.9. The van der Waals surface area contributed by atoms with E-state index in [4.69, 9.17) is 4.74 Å². The molecule has 0 aromatic carbocycles. The standard InChI is InChI=1S/C15H32N2O/c1-6-15(7-2,17(4)5)14(16-3)11-10-13-9-8-12-18-13/h13-14,16H,6-12H2,1-5H3. The predicted molar refractivity (Wildman–Crippen MR) is 78.1 cm³/mol. The Morgan fingerprint density at radius 3 is 2.39 bits per heavy atom. The van der Waals surface area contributed by atoms with E-state index in [0.717, 1.165) is 6.61 Å². The molecular formula is C15H32N2O. The van der Waals surface area contributed by atoms with E-state index in [1.165, 1.54) is 38.5 Å². The Hall–Kier alpha value is -0.120. The number of likely N-dealkylation sites (N-methyl/N-ethyl adjacent to an activating group) is 2. The van der Waals surface area contributed by atoms with Gasteiger partial charge >= 0.3 is 0 Å². The summed E-state index contributed by atoms with van der Waals surface area (Å²) in [7, 11) is 6.52. The number of rotatable bonds is 8. The Morgan fingerprint density at radius 1 is 1.33 bits per heavy atom. The molecule has 0 aromatic rings. The Bertz CT molecular complexity index is 221. The van der Waals surface area contributed by atoms with Gasteiger partial charge in [-0.05, 0) is 59.7 Å². The summed E-state index contributed by atoms with van der Waals surface area (Å²) in [5.41, 5.74) is 0.271. The quantitative estimate of drug-likeness (QED) is 0.722. The van der Waals surface area contributed by atoms with Crippen LogP contribution < -0.4 is 5.32 Å². The van der Waals surface area contributed by atoms with Crippen LogP contribution in [0.15, 0.2) is 0 Å². The van der Waals surface area contributed by atoms with E-state index < -0.39 is 0 Å². The average Bonchev–Trinajstić information content (AvgIpc) is 2.87. The van der Waals surface area contributed by atoms with Crippen LogP contribution in [0, 0.1) is 0 Å². The summed E-state index contributed by atoms with van der Waals surface area (Å²) in [6.07, 6.45) is 7.79. The van der Waals surface area contributed by atoms with Crippen LogP contribution in [-0.4, -0.2) is 50.3 Å². The fourth-order valence-corrected chi connectivity index (χ4v) is 3.59. The first-order valence-electron chi connectivity index (χ1n) is 7.57. The molecule has 0 aliphatic carbocycles. The molecule has 1 fully saturated rings. The highest BCUT2D eigenvalue weighted by molar-refractivity contribution is 4.96. The molecule has 2 unspecified atom stereocenters. The van der Waals surface area contributed by atoms with Gasteiger partial charge in [0, 0.05) is 18.2 Å². The van der Waals surface area contributed by atoms with Crippen molar-refractivity contribution in [3.63, 3.8) is 0 Å². The molecule has 18 heavy (non-hydrogen) atoms. The Balaban J connectivity index is 2.60. The van der Waals surface area contributed by atoms with Crippen molar-refractivity contribution in [1.82, 2.24) is 10.2 Å². The first-order valence-corrected chi connectivity index (χ1v) is 7.57. The fraction of sp³-hybridized carbons (Fsp3) is 1.00. The third-order valence-electron chi connectivity index (χ3n) is 4.91. The van der Waals surface area contributed by atoms with Crippen LogP contribution in [0.3, 0.4) is 0 Å². The molecule has 1 aliphatic heterocycles. The predicted octanol–water partition coefficient (Wildman–Crippen LogP) is 2.65. The SMILES string of the molecule is CCC(CC)(C(CCC1CCCO1)NC)N(C)C. The average molecular weight is 256 g/mol. The molecule has 0 bridgehead atoms. The van der Waals surface area contributed by atoms with Gasteiger partial charge in [-0.2, -0.15) is 0 Å². The van der Waals surface area contributed by atoms with Crippen molar-refractivity contribution in [2.24, 2.45) is 0 Å². The van der Waals surface area contributed by atoms with Crippen molar-refractivity contribution in [2.75, 3.05) is 27.7 Å². The van der Waals surface area contributed by atoms with Crippen molar-refractivity contribution in [3.05, 3.63) is 0 Å². The molecule has 0 saturated carbocycles. The summed E-state index contributed by atoms with van der Waals surface area (Å²) in [5.74, 6) is 0. The maximum atomic E-state index is 5.75. The van der Waals surface area contributed by atoms with Crippen LogP contribution in [0.5, 0.6) is 0 Å². The summed E-state index contributed by atoms with van der Waals surface area (Å²) >= 11 is 0.